The Labute approximate surface area is 164 Å². The van der Waals surface area contributed by atoms with Gasteiger partial charge in [-0.3, -0.25) is 9.59 Å². The standard InChI is InChI=1S/C23H25N3O2/c1-15(17-12-11-16-7-3-4-8-18(16)13-17)24-22(27)14-21-19-9-5-6-10-20(19)23(28)26(2)25-21/h5-6,9-13,15H,3-4,7-8,14H2,1-2H3,(H,24,27)/t15-/m0/s1. The maximum atomic E-state index is 12.7. The lowest BCUT2D eigenvalue weighted by Crippen LogP contribution is -2.30. The van der Waals surface area contributed by atoms with E-state index in [9.17, 15) is 9.59 Å². The number of benzene rings is 2. The fourth-order valence-electron chi connectivity index (χ4n) is 4.06. The highest BCUT2D eigenvalue weighted by Gasteiger charge is 2.16. The summed E-state index contributed by atoms with van der Waals surface area (Å²) in [7, 11) is 1.62. The van der Waals surface area contributed by atoms with Crippen LogP contribution in [0.15, 0.2) is 47.3 Å². The fraction of sp³-hybridized carbons (Fsp3) is 0.348. The van der Waals surface area contributed by atoms with Gasteiger partial charge in [0.25, 0.3) is 5.56 Å². The van der Waals surface area contributed by atoms with Crippen molar-refractivity contribution in [2.24, 2.45) is 7.05 Å². The van der Waals surface area contributed by atoms with Gasteiger partial charge in [-0.2, -0.15) is 5.10 Å². The number of nitrogens with one attached hydrogen (secondary N) is 1. The molecule has 5 nitrogen and oxygen atoms in total. The average molecular weight is 375 g/mol. The Bertz CT molecular complexity index is 1100. The zero-order valence-electron chi connectivity index (χ0n) is 16.4. The molecule has 0 saturated carbocycles. The van der Waals surface area contributed by atoms with Crippen molar-refractivity contribution in [2.75, 3.05) is 0 Å². The second kappa shape index (κ2) is 7.58. The zero-order chi connectivity index (χ0) is 19.7. The Hall–Kier alpha value is -2.95. The Kier molecular flexibility index (Phi) is 4.99. The predicted octanol–water partition coefficient (Wildman–Crippen LogP) is 3.23. The first kappa shape index (κ1) is 18.4. The number of carbonyl (C=O) groups excluding carboxylic acids is 1. The Morgan fingerprint density at radius 1 is 1.11 bits per heavy atom. The highest BCUT2D eigenvalue weighted by atomic mass is 16.1. The number of amides is 1. The summed E-state index contributed by atoms with van der Waals surface area (Å²) in [4.78, 5) is 24.9. The number of hydrogen-bond acceptors (Lipinski definition) is 3. The number of fused-ring (bicyclic) bond motifs is 2. The minimum Gasteiger partial charge on any atom is -0.349 e. The summed E-state index contributed by atoms with van der Waals surface area (Å²) in [5.74, 6) is -0.0958. The van der Waals surface area contributed by atoms with Crippen LogP contribution in [0.25, 0.3) is 10.8 Å². The van der Waals surface area contributed by atoms with Crippen molar-refractivity contribution >= 4 is 16.7 Å². The van der Waals surface area contributed by atoms with Gasteiger partial charge >= 0.3 is 0 Å². The number of aryl methyl sites for hydroxylation is 3. The maximum Gasteiger partial charge on any atom is 0.274 e. The molecule has 28 heavy (non-hydrogen) atoms. The fourth-order valence-corrected chi connectivity index (χ4v) is 4.06. The molecule has 1 atom stereocenters. The molecular weight excluding hydrogens is 350 g/mol. The van der Waals surface area contributed by atoms with Crippen LogP contribution in [0.2, 0.25) is 0 Å². The minimum absolute atomic E-state index is 0.0708. The van der Waals surface area contributed by atoms with Crippen LogP contribution >= 0.6 is 0 Å². The van der Waals surface area contributed by atoms with Crippen LogP contribution in [0.4, 0.5) is 0 Å². The van der Waals surface area contributed by atoms with Crippen molar-refractivity contribution in [3.63, 3.8) is 0 Å². The lowest BCUT2D eigenvalue weighted by atomic mass is 9.89. The van der Waals surface area contributed by atoms with Crippen molar-refractivity contribution in [1.82, 2.24) is 15.1 Å². The van der Waals surface area contributed by atoms with Gasteiger partial charge < -0.3 is 5.32 Å². The van der Waals surface area contributed by atoms with E-state index in [-0.39, 0.29) is 23.9 Å². The summed E-state index contributed by atoms with van der Waals surface area (Å²) in [5, 5.41) is 8.73. The van der Waals surface area contributed by atoms with Crippen molar-refractivity contribution in [3.05, 3.63) is 75.2 Å². The van der Waals surface area contributed by atoms with Gasteiger partial charge in [0, 0.05) is 12.4 Å². The van der Waals surface area contributed by atoms with Gasteiger partial charge in [-0.05, 0) is 55.4 Å². The summed E-state index contributed by atoms with van der Waals surface area (Å²) < 4.78 is 1.30. The van der Waals surface area contributed by atoms with E-state index in [0.29, 0.717) is 11.1 Å². The molecule has 0 saturated heterocycles. The number of rotatable bonds is 4. The van der Waals surface area contributed by atoms with E-state index in [1.54, 1.807) is 13.1 Å². The summed E-state index contributed by atoms with van der Waals surface area (Å²) in [5.41, 5.74) is 4.45. The third-order valence-electron chi connectivity index (χ3n) is 5.61. The topological polar surface area (TPSA) is 64.0 Å². The average Bonchev–Trinajstić information content (AvgIpc) is 2.71. The van der Waals surface area contributed by atoms with Gasteiger partial charge in [0.1, 0.15) is 0 Å². The molecule has 3 aromatic rings. The van der Waals surface area contributed by atoms with Gasteiger partial charge in [-0.25, -0.2) is 4.68 Å². The molecular formula is C23H25N3O2. The molecule has 1 amide bonds. The molecule has 0 fully saturated rings. The quantitative estimate of drug-likeness (QED) is 0.761. The van der Waals surface area contributed by atoms with Crippen molar-refractivity contribution in [3.8, 4) is 0 Å². The van der Waals surface area contributed by atoms with Crippen molar-refractivity contribution < 1.29 is 4.79 Å². The molecule has 1 aliphatic rings. The number of hydrogen-bond donors (Lipinski definition) is 1. The van der Waals surface area contributed by atoms with Gasteiger partial charge in [-0.15, -0.1) is 0 Å². The van der Waals surface area contributed by atoms with Gasteiger partial charge in [-0.1, -0.05) is 36.4 Å². The smallest absolute Gasteiger partial charge is 0.274 e. The predicted molar refractivity (Wildman–Crippen MR) is 110 cm³/mol. The second-order valence-electron chi connectivity index (χ2n) is 7.62. The monoisotopic (exact) mass is 375 g/mol. The van der Waals surface area contributed by atoms with E-state index < -0.39 is 0 Å². The number of nitrogens with zero attached hydrogens (tertiary/aromatic N) is 2. The van der Waals surface area contributed by atoms with E-state index in [1.165, 1.54) is 28.7 Å². The molecule has 1 aromatic heterocycles. The van der Waals surface area contributed by atoms with E-state index in [2.05, 4.69) is 28.6 Å². The molecule has 0 radical (unpaired) electrons. The van der Waals surface area contributed by atoms with Gasteiger partial charge in [0.15, 0.2) is 0 Å². The Balaban J connectivity index is 1.53. The second-order valence-corrected chi connectivity index (χ2v) is 7.62. The molecule has 0 bridgehead atoms. The minimum atomic E-state index is -0.151. The van der Waals surface area contributed by atoms with Crippen LogP contribution in [-0.4, -0.2) is 15.7 Å². The zero-order valence-corrected chi connectivity index (χ0v) is 16.4. The molecule has 1 heterocycles. The van der Waals surface area contributed by atoms with Crippen LogP contribution in [0.3, 0.4) is 0 Å². The molecule has 0 unspecified atom stereocenters. The summed E-state index contributed by atoms with van der Waals surface area (Å²) >= 11 is 0. The van der Waals surface area contributed by atoms with E-state index >= 15 is 0 Å². The Morgan fingerprint density at radius 2 is 1.82 bits per heavy atom. The molecule has 1 N–H and O–H groups in total. The lowest BCUT2D eigenvalue weighted by molar-refractivity contribution is -0.121. The first-order valence-electron chi connectivity index (χ1n) is 9.89. The largest absolute Gasteiger partial charge is 0.349 e. The summed E-state index contributed by atoms with van der Waals surface area (Å²) in [6.45, 7) is 2.01. The SMILES string of the molecule is C[C@H](NC(=O)Cc1nn(C)c(=O)c2ccccc12)c1ccc2c(c1)CCCC2. The van der Waals surface area contributed by atoms with Crippen molar-refractivity contribution in [1.29, 1.82) is 0 Å². The summed E-state index contributed by atoms with van der Waals surface area (Å²) in [6, 6.07) is 13.8. The third kappa shape index (κ3) is 3.57. The third-order valence-corrected chi connectivity index (χ3v) is 5.61. The number of carbonyl (C=O) groups is 1. The van der Waals surface area contributed by atoms with Crippen molar-refractivity contribution in [2.45, 2.75) is 45.1 Å². The normalized spacial score (nSPS) is 14.5. The van der Waals surface area contributed by atoms with Crippen LogP contribution in [0.1, 0.15) is 48.2 Å². The van der Waals surface area contributed by atoms with Crippen LogP contribution < -0.4 is 10.9 Å². The van der Waals surface area contributed by atoms with Gasteiger partial charge in [0.05, 0.1) is 23.5 Å². The van der Waals surface area contributed by atoms with E-state index in [0.717, 1.165) is 23.8 Å². The Morgan fingerprint density at radius 3 is 2.61 bits per heavy atom. The molecule has 144 valence electrons. The number of aromatic nitrogens is 2. The van der Waals surface area contributed by atoms with Crippen LogP contribution in [0, 0.1) is 0 Å². The lowest BCUT2D eigenvalue weighted by Gasteiger charge is -2.20. The van der Waals surface area contributed by atoms with E-state index in [1.807, 2.05) is 25.1 Å². The highest BCUT2D eigenvalue weighted by molar-refractivity contribution is 5.88. The molecule has 5 heteroatoms. The molecule has 4 rings (SSSR count). The molecule has 2 aromatic carbocycles. The molecule has 1 aliphatic carbocycles. The molecule has 0 spiro atoms. The van der Waals surface area contributed by atoms with Crippen LogP contribution in [-0.2, 0) is 31.1 Å². The van der Waals surface area contributed by atoms with Crippen LogP contribution in [0.5, 0.6) is 0 Å². The first-order chi connectivity index (χ1) is 13.5. The van der Waals surface area contributed by atoms with Gasteiger partial charge in [0.2, 0.25) is 5.91 Å². The summed E-state index contributed by atoms with van der Waals surface area (Å²) in [6.07, 6.45) is 4.92. The molecule has 0 aliphatic heterocycles. The first-order valence-corrected chi connectivity index (χ1v) is 9.89. The highest BCUT2D eigenvalue weighted by Crippen LogP contribution is 2.25. The van der Waals surface area contributed by atoms with E-state index in [4.69, 9.17) is 0 Å². The maximum absolute atomic E-state index is 12.7.